The van der Waals surface area contributed by atoms with E-state index in [1.54, 1.807) is 6.08 Å². The van der Waals surface area contributed by atoms with Crippen molar-refractivity contribution in [3.63, 3.8) is 0 Å². The predicted octanol–water partition coefficient (Wildman–Crippen LogP) is 12.4. The van der Waals surface area contributed by atoms with Crippen molar-refractivity contribution in [2.75, 3.05) is 0 Å². The Morgan fingerprint density at radius 1 is 0.614 bits per heavy atom. The van der Waals surface area contributed by atoms with Crippen molar-refractivity contribution in [1.82, 2.24) is 4.57 Å². The number of hydrogen-bond donors (Lipinski definition) is 0. The maximum absolute atomic E-state index is 3.36. The van der Waals surface area contributed by atoms with Crippen LogP contribution in [0.1, 0.15) is 38.3 Å². The van der Waals surface area contributed by atoms with Crippen molar-refractivity contribution in [3.8, 4) is 27.9 Å². The lowest BCUT2D eigenvalue weighted by Crippen LogP contribution is -1.98. The number of aryl methyl sites for hydroxylation is 1. The molecule has 0 aliphatic heterocycles. The number of allylic oxidation sites excluding steroid dienone is 2. The second kappa shape index (κ2) is 13.0. The third-order valence-corrected chi connectivity index (χ3v) is 8.26. The van der Waals surface area contributed by atoms with E-state index in [0.29, 0.717) is 0 Å². The Hall–Kier alpha value is -5.14. The van der Waals surface area contributed by atoms with Crippen molar-refractivity contribution in [2.24, 2.45) is 0 Å². The maximum atomic E-state index is 3.36. The van der Waals surface area contributed by atoms with Crippen LogP contribution in [-0.2, 0) is 6.42 Å². The Labute approximate surface area is 261 Å². The molecule has 44 heavy (non-hydrogen) atoms. The second-order valence-electron chi connectivity index (χ2n) is 10.9. The smallest absolute Gasteiger partial charge is 0.0541 e. The minimum Gasteiger partial charge on any atom is -0.309 e. The molecule has 0 N–H and O–H groups in total. The summed E-state index contributed by atoms with van der Waals surface area (Å²) >= 11 is 0. The zero-order chi connectivity index (χ0) is 30.5. The van der Waals surface area contributed by atoms with Crippen molar-refractivity contribution in [1.29, 1.82) is 0 Å². The molecule has 1 nitrogen and oxygen atoms in total. The number of nitrogens with zero attached hydrogens (tertiary/aromatic N) is 1. The van der Waals surface area contributed by atoms with E-state index in [9.17, 15) is 0 Å². The lowest BCUT2D eigenvalue weighted by molar-refractivity contribution is 0.998. The first-order valence-corrected chi connectivity index (χ1v) is 15.7. The van der Waals surface area contributed by atoms with Crippen LogP contribution in [0.4, 0.5) is 0 Å². The maximum Gasteiger partial charge on any atom is 0.0541 e. The standard InChI is InChI=1S/C38H27N.C3H6.C2H6/c1-2-11-30(12-3-1)39-37-17-9-8-16-34(37)36-24-28(22-23-38(36)39)26-18-20-27(21-19-26)35-25-29-10-4-5-13-31(29)32-14-6-7-15-33(32)35;1-3-2;1-2/h1-5,7-13,15-25H,6,14H2;3H,1H2,2H3;1-2H3. The van der Waals surface area contributed by atoms with Gasteiger partial charge in [-0.05, 0) is 100 Å². The first-order chi connectivity index (χ1) is 21.8. The van der Waals surface area contributed by atoms with Crippen LogP contribution in [0.25, 0.3) is 66.6 Å². The summed E-state index contributed by atoms with van der Waals surface area (Å²) in [5.74, 6) is 0. The molecule has 8 rings (SSSR count). The van der Waals surface area contributed by atoms with E-state index in [4.69, 9.17) is 0 Å². The fraction of sp³-hybridized carbons (Fsp3) is 0.116. The number of aromatic nitrogens is 1. The van der Waals surface area contributed by atoms with Crippen LogP contribution in [0, 0.1) is 0 Å². The minimum absolute atomic E-state index is 1.11. The molecule has 1 heteroatoms. The van der Waals surface area contributed by atoms with Crippen LogP contribution < -0.4 is 0 Å². The second-order valence-corrected chi connectivity index (χ2v) is 10.9. The van der Waals surface area contributed by atoms with Gasteiger partial charge in [0, 0.05) is 16.5 Å². The van der Waals surface area contributed by atoms with Gasteiger partial charge < -0.3 is 4.57 Å². The molecule has 0 fully saturated rings. The lowest BCUT2D eigenvalue weighted by atomic mass is 9.85. The van der Waals surface area contributed by atoms with Gasteiger partial charge in [0.25, 0.3) is 0 Å². The Balaban J connectivity index is 0.000000649. The zero-order valence-electron chi connectivity index (χ0n) is 25.9. The Kier molecular flexibility index (Phi) is 8.57. The van der Waals surface area contributed by atoms with E-state index in [2.05, 4.69) is 151 Å². The SMILES string of the molecule is C1=Cc2c(-c3ccc(-c4ccc5c(c4)c4ccccc4n5-c4ccccc4)cc3)cc3ccccc3c2CC1.C=CC.CC. The highest BCUT2D eigenvalue weighted by molar-refractivity contribution is 6.10. The molecule has 1 aliphatic rings. The van der Waals surface area contributed by atoms with Crippen LogP contribution in [0.2, 0.25) is 0 Å². The molecule has 6 aromatic carbocycles. The van der Waals surface area contributed by atoms with Gasteiger partial charge in [-0.1, -0.05) is 123 Å². The minimum atomic E-state index is 1.11. The molecule has 0 atom stereocenters. The third-order valence-electron chi connectivity index (χ3n) is 8.26. The predicted molar refractivity (Wildman–Crippen MR) is 194 cm³/mol. The molecule has 0 amide bonds. The normalized spacial score (nSPS) is 11.8. The van der Waals surface area contributed by atoms with Crippen LogP contribution in [-0.4, -0.2) is 4.57 Å². The Morgan fingerprint density at radius 3 is 2.00 bits per heavy atom. The first kappa shape index (κ1) is 29.0. The number of rotatable bonds is 3. The topological polar surface area (TPSA) is 4.93 Å². The van der Waals surface area contributed by atoms with Gasteiger partial charge in [-0.2, -0.15) is 0 Å². The summed E-state index contributed by atoms with van der Waals surface area (Å²) in [4.78, 5) is 0. The molecule has 0 radical (unpaired) electrons. The highest BCUT2D eigenvalue weighted by Gasteiger charge is 2.16. The fourth-order valence-electron chi connectivity index (χ4n) is 6.42. The van der Waals surface area contributed by atoms with Crippen LogP contribution in [0.3, 0.4) is 0 Å². The van der Waals surface area contributed by atoms with Crippen LogP contribution >= 0.6 is 0 Å². The molecule has 1 heterocycles. The van der Waals surface area contributed by atoms with Gasteiger partial charge in [0.05, 0.1) is 11.0 Å². The van der Waals surface area contributed by atoms with E-state index in [0.717, 1.165) is 12.8 Å². The number of hydrogen-bond acceptors (Lipinski definition) is 0. The van der Waals surface area contributed by atoms with E-state index < -0.39 is 0 Å². The van der Waals surface area contributed by atoms with E-state index in [1.165, 1.54) is 71.6 Å². The van der Waals surface area contributed by atoms with Gasteiger partial charge in [-0.25, -0.2) is 0 Å². The van der Waals surface area contributed by atoms with Crippen LogP contribution in [0.5, 0.6) is 0 Å². The summed E-state index contributed by atoms with van der Waals surface area (Å²) in [6, 6.07) is 46.6. The molecule has 0 spiro atoms. The largest absolute Gasteiger partial charge is 0.309 e. The first-order valence-electron chi connectivity index (χ1n) is 15.7. The van der Waals surface area contributed by atoms with Gasteiger partial charge in [0.2, 0.25) is 0 Å². The van der Waals surface area contributed by atoms with Gasteiger partial charge in [-0.3, -0.25) is 0 Å². The van der Waals surface area contributed by atoms with E-state index in [-0.39, 0.29) is 0 Å². The van der Waals surface area contributed by atoms with Gasteiger partial charge in [-0.15, -0.1) is 6.58 Å². The average molecular weight is 570 g/mol. The molecule has 0 saturated carbocycles. The summed E-state index contributed by atoms with van der Waals surface area (Å²) in [6.07, 6.45) is 8.61. The van der Waals surface area contributed by atoms with Crippen molar-refractivity contribution < 1.29 is 0 Å². The van der Waals surface area contributed by atoms with E-state index >= 15 is 0 Å². The van der Waals surface area contributed by atoms with Gasteiger partial charge in [0.15, 0.2) is 0 Å². The molecular formula is C43H39N. The summed E-state index contributed by atoms with van der Waals surface area (Å²) in [6.45, 7) is 9.25. The molecule has 7 aromatic rings. The lowest BCUT2D eigenvalue weighted by Gasteiger charge is -2.19. The molecule has 0 saturated heterocycles. The van der Waals surface area contributed by atoms with Crippen molar-refractivity contribution in [3.05, 3.63) is 157 Å². The average Bonchev–Trinajstić information content (AvgIpc) is 3.43. The monoisotopic (exact) mass is 569 g/mol. The summed E-state index contributed by atoms with van der Waals surface area (Å²) in [7, 11) is 0. The van der Waals surface area contributed by atoms with Gasteiger partial charge in [0.1, 0.15) is 0 Å². The highest BCUT2D eigenvalue weighted by atomic mass is 15.0. The summed E-state index contributed by atoms with van der Waals surface area (Å²) in [5, 5.41) is 5.28. The quantitative estimate of drug-likeness (QED) is 0.187. The fourth-order valence-corrected chi connectivity index (χ4v) is 6.42. The Bertz CT molecular complexity index is 2090. The van der Waals surface area contributed by atoms with Gasteiger partial charge >= 0.3 is 0 Å². The zero-order valence-corrected chi connectivity index (χ0v) is 25.9. The molecule has 1 aromatic heterocycles. The van der Waals surface area contributed by atoms with E-state index in [1.807, 2.05) is 20.8 Å². The molecule has 1 aliphatic carbocycles. The van der Waals surface area contributed by atoms with Crippen LogP contribution in [0.15, 0.2) is 146 Å². The number of benzene rings is 6. The number of fused-ring (bicyclic) bond motifs is 6. The Morgan fingerprint density at radius 2 is 1.23 bits per heavy atom. The number of para-hydroxylation sites is 2. The molecule has 0 bridgehead atoms. The highest BCUT2D eigenvalue weighted by Crippen LogP contribution is 2.38. The summed E-state index contributed by atoms with van der Waals surface area (Å²) < 4.78 is 2.37. The van der Waals surface area contributed by atoms with Crippen molar-refractivity contribution in [2.45, 2.75) is 33.6 Å². The molecule has 216 valence electrons. The van der Waals surface area contributed by atoms with Crippen molar-refractivity contribution >= 4 is 38.7 Å². The third kappa shape index (κ3) is 5.27. The summed E-state index contributed by atoms with van der Waals surface area (Å²) in [5.41, 5.74) is 11.6. The molecular weight excluding hydrogens is 530 g/mol. The molecule has 0 unspecified atom stereocenters.